The highest BCUT2D eigenvalue weighted by Crippen LogP contribution is 2.13. The number of rotatable bonds is 6. The summed E-state index contributed by atoms with van der Waals surface area (Å²) in [5, 5.41) is 6.27. The molecule has 0 aromatic heterocycles. The zero-order chi connectivity index (χ0) is 19.9. The number of aliphatic imine (C=N–C) groups is 1. The molecule has 0 spiro atoms. The summed E-state index contributed by atoms with van der Waals surface area (Å²) in [6.45, 7) is 12.3. The van der Waals surface area contributed by atoms with Crippen molar-refractivity contribution in [3.05, 3.63) is 0 Å². The predicted molar refractivity (Wildman–Crippen MR) is 121 cm³/mol. The Labute approximate surface area is 185 Å². The van der Waals surface area contributed by atoms with Crippen molar-refractivity contribution in [3.8, 4) is 0 Å². The number of ether oxygens (including phenoxy) is 1. The molecule has 2 aliphatic rings. The van der Waals surface area contributed by atoms with Gasteiger partial charge in [0.1, 0.15) is 5.60 Å². The number of nitrogens with one attached hydrogen (secondary N) is 2. The Bertz CT molecular complexity index is 550. The Morgan fingerprint density at radius 2 is 2.07 bits per heavy atom. The van der Waals surface area contributed by atoms with Crippen molar-refractivity contribution in [1.82, 2.24) is 20.4 Å². The van der Waals surface area contributed by atoms with E-state index >= 15 is 0 Å². The Balaban J connectivity index is 0.00000392. The van der Waals surface area contributed by atoms with Crippen LogP contribution in [0, 0.1) is 0 Å². The first-order valence-corrected chi connectivity index (χ1v) is 10.1. The van der Waals surface area contributed by atoms with E-state index in [1.807, 2.05) is 32.6 Å². The molecule has 28 heavy (non-hydrogen) atoms. The summed E-state index contributed by atoms with van der Waals surface area (Å²) in [6.07, 6.45) is 3.03. The molecule has 1 atom stereocenters. The smallest absolute Gasteiger partial charge is 0.407 e. The van der Waals surface area contributed by atoms with Gasteiger partial charge in [0.15, 0.2) is 5.96 Å². The topological polar surface area (TPSA) is 86.3 Å². The van der Waals surface area contributed by atoms with E-state index in [0.717, 1.165) is 57.9 Å². The van der Waals surface area contributed by atoms with Crippen molar-refractivity contribution in [3.63, 3.8) is 0 Å². The molecule has 2 fully saturated rings. The van der Waals surface area contributed by atoms with Crippen LogP contribution in [0.25, 0.3) is 0 Å². The van der Waals surface area contributed by atoms with E-state index < -0.39 is 5.60 Å². The maximum atomic E-state index is 12.0. The van der Waals surface area contributed by atoms with Gasteiger partial charge in [0, 0.05) is 45.7 Å². The van der Waals surface area contributed by atoms with Gasteiger partial charge < -0.3 is 25.2 Å². The third-order valence-corrected chi connectivity index (χ3v) is 4.56. The molecule has 2 heterocycles. The number of carbonyl (C=O) groups excluding carboxylic acids is 2. The van der Waals surface area contributed by atoms with Gasteiger partial charge in [-0.15, -0.1) is 24.0 Å². The Morgan fingerprint density at radius 3 is 2.68 bits per heavy atom. The maximum absolute atomic E-state index is 12.0. The van der Waals surface area contributed by atoms with Crippen LogP contribution in [0.4, 0.5) is 4.79 Å². The number of halogens is 1. The Morgan fingerprint density at radius 1 is 1.32 bits per heavy atom. The summed E-state index contributed by atoms with van der Waals surface area (Å²) in [7, 11) is 0. The first kappa shape index (κ1) is 24.8. The molecule has 0 aromatic rings. The van der Waals surface area contributed by atoms with E-state index in [0.29, 0.717) is 13.0 Å². The molecule has 0 radical (unpaired) electrons. The van der Waals surface area contributed by atoms with Gasteiger partial charge in [-0.1, -0.05) is 0 Å². The summed E-state index contributed by atoms with van der Waals surface area (Å²) in [5.41, 5.74) is -0.491. The third-order valence-electron chi connectivity index (χ3n) is 4.56. The van der Waals surface area contributed by atoms with Crippen LogP contribution in [0.15, 0.2) is 4.99 Å². The van der Waals surface area contributed by atoms with E-state index in [2.05, 4.69) is 15.5 Å². The quantitative estimate of drug-likeness (QED) is 0.248. The van der Waals surface area contributed by atoms with E-state index in [9.17, 15) is 9.59 Å². The predicted octanol–water partition coefficient (Wildman–Crippen LogP) is 2.18. The summed E-state index contributed by atoms with van der Waals surface area (Å²) in [6, 6.07) is 0.0610. The molecule has 9 heteroatoms. The summed E-state index contributed by atoms with van der Waals surface area (Å²) in [5.74, 6) is 1.14. The van der Waals surface area contributed by atoms with E-state index in [4.69, 9.17) is 9.73 Å². The van der Waals surface area contributed by atoms with Crippen LogP contribution in [0.1, 0.15) is 53.4 Å². The summed E-state index contributed by atoms with van der Waals surface area (Å²) in [4.78, 5) is 32.4. The van der Waals surface area contributed by atoms with E-state index in [1.165, 1.54) is 0 Å². The molecule has 0 bridgehead atoms. The number of likely N-dealkylation sites (tertiary alicyclic amines) is 2. The number of amides is 2. The molecule has 0 aliphatic carbocycles. The number of nitrogens with zero attached hydrogens (tertiary/aromatic N) is 3. The second-order valence-corrected chi connectivity index (χ2v) is 8.15. The van der Waals surface area contributed by atoms with Crippen LogP contribution in [0.5, 0.6) is 0 Å². The Kier molecular flexibility index (Phi) is 10.3. The maximum Gasteiger partial charge on any atom is 0.407 e. The fraction of sp³-hybridized carbons (Fsp3) is 0.842. The molecule has 162 valence electrons. The van der Waals surface area contributed by atoms with Crippen LogP contribution in [0.3, 0.4) is 0 Å². The lowest BCUT2D eigenvalue weighted by Gasteiger charge is -2.23. The number of hydrogen-bond acceptors (Lipinski definition) is 4. The molecule has 2 aliphatic heterocycles. The first-order valence-electron chi connectivity index (χ1n) is 10.1. The van der Waals surface area contributed by atoms with Crippen molar-refractivity contribution in [2.75, 3.05) is 39.3 Å². The van der Waals surface area contributed by atoms with Crippen LogP contribution < -0.4 is 10.6 Å². The largest absolute Gasteiger partial charge is 0.444 e. The molecular formula is C19H36IN5O3. The highest BCUT2D eigenvalue weighted by atomic mass is 127. The van der Waals surface area contributed by atoms with Gasteiger partial charge in [0.05, 0.1) is 6.04 Å². The average Bonchev–Trinajstić information content (AvgIpc) is 3.18. The van der Waals surface area contributed by atoms with Gasteiger partial charge >= 0.3 is 6.09 Å². The Hall–Kier alpha value is -1.26. The third kappa shape index (κ3) is 8.40. The molecule has 0 saturated carbocycles. The average molecular weight is 509 g/mol. The lowest BCUT2D eigenvalue weighted by Crippen LogP contribution is -2.44. The first-order chi connectivity index (χ1) is 12.8. The molecule has 0 aromatic carbocycles. The lowest BCUT2D eigenvalue weighted by atomic mass is 10.2. The number of guanidine groups is 1. The van der Waals surface area contributed by atoms with Gasteiger partial charge in [-0.2, -0.15) is 0 Å². The normalized spacial score (nSPS) is 20.2. The van der Waals surface area contributed by atoms with Crippen molar-refractivity contribution < 1.29 is 14.3 Å². The van der Waals surface area contributed by atoms with Crippen LogP contribution in [-0.4, -0.2) is 78.7 Å². The van der Waals surface area contributed by atoms with Crippen molar-refractivity contribution in [1.29, 1.82) is 0 Å². The van der Waals surface area contributed by atoms with Crippen molar-refractivity contribution in [2.45, 2.75) is 65.0 Å². The molecule has 2 saturated heterocycles. The molecule has 2 N–H and O–H groups in total. The van der Waals surface area contributed by atoms with Crippen LogP contribution in [0.2, 0.25) is 0 Å². The SMILES string of the molecule is CCNC(=NCCCN1CCCC1=O)N1CCC(NC(=O)OC(C)(C)C)C1.I. The van der Waals surface area contributed by atoms with Crippen LogP contribution in [-0.2, 0) is 9.53 Å². The highest BCUT2D eigenvalue weighted by molar-refractivity contribution is 14.0. The number of alkyl carbamates (subject to hydrolysis) is 1. The fourth-order valence-corrected chi connectivity index (χ4v) is 3.36. The lowest BCUT2D eigenvalue weighted by molar-refractivity contribution is -0.127. The van der Waals surface area contributed by atoms with Gasteiger partial charge in [0.2, 0.25) is 5.91 Å². The monoisotopic (exact) mass is 509 g/mol. The van der Waals surface area contributed by atoms with Gasteiger partial charge in [-0.05, 0) is 47.0 Å². The second kappa shape index (κ2) is 11.7. The van der Waals surface area contributed by atoms with Crippen molar-refractivity contribution in [2.24, 2.45) is 4.99 Å². The second-order valence-electron chi connectivity index (χ2n) is 8.15. The fourth-order valence-electron chi connectivity index (χ4n) is 3.36. The minimum atomic E-state index is -0.491. The molecule has 8 nitrogen and oxygen atoms in total. The standard InChI is InChI=1S/C19H35N5O3.HI/c1-5-20-17(21-10-7-12-23-11-6-8-16(23)25)24-13-9-15(14-24)22-18(26)27-19(2,3)4;/h15H,5-14H2,1-4H3,(H,20,21)(H,22,26);1H. The summed E-state index contributed by atoms with van der Waals surface area (Å²) >= 11 is 0. The van der Waals surface area contributed by atoms with Crippen molar-refractivity contribution >= 4 is 41.9 Å². The summed E-state index contributed by atoms with van der Waals surface area (Å²) < 4.78 is 5.33. The molecule has 2 rings (SSSR count). The zero-order valence-electron chi connectivity index (χ0n) is 17.6. The molecule has 2 amide bonds. The van der Waals surface area contributed by atoms with Gasteiger partial charge in [-0.3, -0.25) is 9.79 Å². The van der Waals surface area contributed by atoms with Gasteiger partial charge in [0.25, 0.3) is 0 Å². The van der Waals surface area contributed by atoms with E-state index in [1.54, 1.807) is 0 Å². The van der Waals surface area contributed by atoms with E-state index in [-0.39, 0.29) is 42.0 Å². The number of hydrogen-bond donors (Lipinski definition) is 2. The highest BCUT2D eigenvalue weighted by Gasteiger charge is 2.28. The van der Waals surface area contributed by atoms with Gasteiger partial charge in [-0.25, -0.2) is 4.79 Å². The minimum absolute atomic E-state index is 0. The molecule has 1 unspecified atom stereocenters. The number of carbonyl (C=O) groups is 2. The minimum Gasteiger partial charge on any atom is -0.444 e. The molecular weight excluding hydrogens is 473 g/mol. The zero-order valence-corrected chi connectivity index (χ0v) is 20.0. The van der Waals surface area contributed by atoms with Crippen LogP contribution >= 0.6 is 24.0 Å².